The van der Waals surface area contributed by atoms with Crippen molar-refractivity contribution < 1.29 is 9.18 Å². The van der Waals surface area contributed by atoms with Crippen molar-refractivity contribution in [2.24, 2.45) is 0 Å². The molecule has 3 aromatic carbocycles. The number of amides is 1. The normalized spacial score (nSPS) is 10.7. The number of benzene rings is 3. The van der Waals surface area contributed by atoms with Crippen molar-refractivity contribution in [3.05, 3.63) is 113 Å². The van der Waals surface area contributed by atoms with Crippen LogP contribution in [0.4, 0.5) is 10.2 Å². The van der Waals surface area contributed by atoms with Crippen molar-refractivity contribution in [2.45, 2.75) is 19.3 Å². The predicted octanol–water partition coefficient (Wildman–Crippen LogP) is 5.90. The summed E-state index contributed by atoms with van der Waals surface area (Å²) in [6, 6.07) is 23.3. The number of nitrogens with zero attached hydrogens (tertiary/aromatic N) is 2. The minimum Gasteiger partial charge on any atom is -0.309 e. The van der Waals surface area contributed by atoms with Crippen LogP contribution in [0.25, 0.3) is 11.3 Å². The molecule has 1 amide bonds. The summed E-state index contributed by atoms with van der Waals surface area (Å²) < 4.78 is 13.3. The van der Waals surface area contributed by atoms with E-state index < -0.39 is 0 Å². The molecule has 0 aliphatic rings. The Morgan fingerprint density at radius 3 is 2.31 bits per heavy atom. The van der Waals surface area contributed by atoms with E-state index in [0.29, 0.717) is 28.6 Å². The molecule has 0 fully saturated rings. The van der Waals surface area contributed by atoms with Gasteiger partial charge in [0.05, 0.1) is 24.0 Å². The fourth-order valence-corrected chi connectivity index (χ4v) is 3.46. The summed E-state index contributed by atoms with van der Waals surface area (Å²) >= 11 is 5.92. The zero-order chi connectivity index (χ0) is 22.3. The lowest BCUT2D eigenvalue weighted by Crippen LogP contribution is -2.17. The summed E-state index contributed by atoms with van der Waals surface area (Å²) in [5.41, 5.74) is 4.09. The molecule has 1 N–H and O–H groups in total. The van der Waals surface area contributed by atoms with E-state index >= 15 is 0 Å². The minimum absolute atomic E-state index is 0.183. The molecule has 4 aromatic rings. The number of nitrogens with one attached hydrogen (secondary N) is 1. The van der Waals surface area contributed by atoms with Gasteiger partial charge in [-0.15, -0.1) is 0 Å². The molecular weight excluding hydrogens is 425 g/mol. The lowest BCUT2D eigenvalue weighted by atomic mass is 10.1. The second-order valence-corrected chi connectivity index (χ2v) is 7.83. The van der Waals surface area contributed by atoms with Gasteiger partial charge in [0.25, 0.3) is 0 Å². The van der Waals surface area contributed by atoms with Gasteiger partial charge in [-0.1, -0.05) is 54.1 Å². The third-order valence-electron chi connectivity index (χ3n) is 5.01. The fourth-order valence-electron chi connectivity index (χ4n) is 3.34. The second-order valence-electron chi connectivity index (χ2n) is 7.39. The van der Waals surface area contributed by atoms with Crippen LogP contribution in [0.3, 0.4) is 0 Å². The molecule has 6 heteroatoms. The van der Waals surface area contributed by atoms with Gasteiger partial charge in [0.2, 0.25) is 5.91 Å². The molecule has 1 aromatic heterocycles. The number of hydrogen-bond acceptors (Lipinski definition) is 3. The fraction of sp³-hybridized carbons (Fsp3) is 0.115. The molecule has 0 saturated carbocycles. The van der Waals surface area contributed by atoms with Crippen molar-refractivity contribution in [3.8, 4) is 11.3 Å². The molecule has 160 valence electrons. The molecule has 4 rings (SSSR count). The Balaban J connectivity index is 1.56. The lowest BCUT2D eigenvalue weighted by molar-refractivity contribution is -0.115. The first-order chi connectivity index (χ1) is 15.6. The van der Waals surface area contributed by atoms with E-state index in [1.807, 2.05) is 30.3 Å². The van der Waals surface area contributed by atoms with Gasteiger partial charge in [-0.3, -0.25) is 4.79 Å². The van der Waals surface area contributed by atoms with Crippen LogP contribution in [-0.4, -0.2) is 15.9 Å². The van der Waals surface area contributed by atoms with Crippen LogP contribution in [0, 0.1) is 5.82 Å². The first kappa shape index (κ1) is 21.7. The van der Waals surface area contributed by atoms with Crippen LogP contribution in [0.15, 0.2) is 85.1 Å². The van der Waals surface area contributed by atoms with Crippen molar-refractivity contribution in [1.82, 2.24) is 9.97 Å². The van der Waals surface area contributed by atoms with E-state index in [-0.39, 0.29) is 18.1 Å². The maximum absolute atomic E-state index is 13.3. The van der Waals surface area contributed by atoms with Gasteiger partial charge in [-0.05, 0) is 60.4 Å². The monoisotopic (exact) mass is 445 g/mol. The van der Waals surface area contributed by atoms with E-state index in [9.17, 15) is 9.18 Å². The number of hydrogen-bond donors (Lipinski definition) is 1. The third kappa shape index (κ3) is 5.77. The second kappa shape index (κ2) is 10.2. The largest absolute Gasteiger partial charge is 0.309 e. The average Bonchev–Trinajstić information content (AvgIpc) is 2.81. The molecule has 4 nitrogen and oxygen atoms in total. The van der Waals surface area contributed by atoms with Crippen LogP contribution in [-0.2, 0) is 24.1 Å². The zero-order valence-electron chi connectivity index (χ0n) is 17.3. The molecule has 0 aliphatic heterocycles. The van der Waals surface area contributed by atoms with E-state index in [2.05, 4.69) is 22.4 Å². The Morgan fingerprint density at radius 2 is 1.59 bits per heavy atom. The van der Waals surface area contributed by atoms with E-state index in [1.165, 1.54) is 17.7 Å². The molecule has 0 aliphatic carbocycles. The molecule has 0 bridgehead atoms. The molecule has 0 atom stereocenters. The predicted molar refractivity (Wildman–Crippen MR) is 125 cm³/mol. The Labute approximate surface area is 191 Å². The van der Waals surface area contributed by atoms with Crippen LogP contribution in [0.2, 0.25) is 5.02 Å². The smallest absolute Gasteiger partial charge is 0.229 e. The van der Waals surface area contributed by atoms with Gasteiger partial charge in [0, 0.05) is 10.6 Å². The standard InChI is InChI=1S/C26H21ClFN3O/c27-21-11-6-19(7-12-21)16-25(32)31-26-23(15-8-18-4-2-1-3-5-18)30-24(17-29-26)20-9-13-22(28)14-10-20/h1-7,9-14,17H,8,15-16H2,(H,29,31,32). The molecule has 32 heavy (non-hydrogen) atoms. The highest BCUT2D eigenvalue weighted by Crippen LogP contribution is 2.22. The van der Waals surface area contributed by atoms with E-state index in [1.54, 1.807) is 30.5 Å². The molecule has 1 heterocycles. The number of halogens is 2. The first-order valence-electron chi connectivity index (χ1n) is 10.3. The van der Waals surface area contributed by atoms with Crippen molar-refractivity contribution in [2.75, 3.05) is 5.32 Å². The molecule has 0 saturated heterocycles. The molecular formula is C26H21ClFN3O. The zero-order valence-corrected chi connectivity index (χ0v) is 18.0. The highest BCUT2D eigenvalue weighted by Gasteiger charge is 2.13. The van der Waals surface area contributed by atoms with E-state index in [4.69, 9.17) is 16.6 Å². The van der Waals surface area contributed by atoms with Crippen LogP contribution >= 0.6 is 11.6 Å². The summed E-state index contributed by atoms with van der Waals surface area (Å²) in [5, 5.41) is 3.52. The number of aromatic nitrogens is 2. The Hall–Kier alpha value is -3.57. The molecule has 0 unspecified atom stereocenters. The number of carbonyl (C=O) groups excluding carboxylic acids is 1. The van der Waals surface area contributed by atoms with E-state index in [0.717, 1.165) is 17.5 Å². The highest BCUT2D eigenvalue weighted by atomic mass is 35.5. The summed E-state index contributed by atoms with van der Waals surface area (Å²) in [6.45, 7) is 0. The summed E-state index contributed by atoms with van der Waals surface area (Å²) in [7, 11) is 0. The highest BCUT2D eigenvalue weighted by molar-refractivity contribution is 6.30. The first-order valence-corrected chi connectivity index (χ1v) is 10.6. The minimum atomic E-state index is -0.308. The molecule has 0 radical (unpaired) electrons. The number of aryl methyl sites for hydroxylation is 2. The SMILES string of the molecule is O=C(Cc1ccc(Cl)cc1)Nc1ncc(-c2ccc(F)cc2)nc1CCc1ccccc1. The third-order valence-corrected chi connectivity index (χ3v) is 5.27. The number of rotatable bonds is 7. The average molecular weight is 446 g/mol. The Kier molecular flexibility index (Phi) is 6.87. The molecule has 0 spiro atoms. The number of anilines is 1. The van der Waals surface area contributed by atoms with Crippen LogP contribution in [0.1, 0.15) is 16.8 Å². The van der Waals surface area contributed by atoms with Crippen LogP contribution < -0.4 is 5.32 Å². The van der Waals surface area contributed by atoms with Crippen LogP contribution in [0.5, 0.6) is 0 Å². The Morgan fingerprint density at radius 1 is 0.875 bits per heavy atom. The van der Waals surface area contributed by atoms with Gasteiger partial charge in [0.1, 0.15) is 5.82 Å². The lowest BCUT2D eigenvalue weighted by Gasteiger charge is -2.12. The van der Waals surface area contributed by atoms with Crippen molar-refractivity contribution in [1.29, 1.82) is 0 Å². The van der Waals surface area contributed by atoms with Crippen molar-refractivity contribution in [3.63, 3.8) is 0 Å². The summed E-state index contributed by atoms with van der Waals surface area (Å²) in [6.07, 6.45) is 3.15. The summed E-state index contributed by atoms with van der Waals surface area (Å²) in [4.78, 5) is 21.9. The summed E-state index contributed by atoms with van der Waals surface area (Å²) in [5.74, 6) is -0.0556. The van der Waals surface area contributed by atoms with Gasteiger partial charge >= 0.3 is 0 Å². The maximum atomic E-state index is 13.3. The van der Waals surface area contributed by atoms with Gasteiger partial charge in [0.15, 0.2) is 5.82 Å². The van der Waals surface area contributed by atoms with Crippen molar-refractivity contribution >= 4 is 23.3 Å². The van der Waals surface area contributed by atoms with Gasteiger partial charge in [-0.25, -0.2) is 14.4 Å². The quantitative estimate of drug-likeness (QED) is 0.385. The maximum Gasteiger partial charge on any atom is 0.229 e. The topological polar surface area (TPSA) is 54.9 Å². The number of carbonyl (C=O) groups is 1. The van der Waals surface area contributed by atoms with Gasteiger partial charge < -0.3 is 5.32 Å². The Bertz CT molecular complexity index is 1200. The van der Waals surface area contributed by atoms with Gasteiger partial charge in [-0.2, -0.15) is 0 Å².